The second-order valence-corrected chi connectivity index (χ2v) is 5.12. The normalized spacial score (nSPS) is 10.3. The second-order valence-electron chi connectivity index (χ2n) is 3.46. The number of halogens is 3. The fourth-order valence-electron chi connectivity index (χ4n) is 1.41. The van der Waals surface area contributed by atoms with E-state index in [2.05, 4.69) is 22.6 Å². The summed E-state index contributed by atoms with van der Waals surface area (Å²) in [5.41, 5.74) is 0.834. The van der Waals surface area contributed by atoms with E-state index in [0.717, 1.165) is 9.64 Å². The molecule has 2 rings (SSSR count). The van der Waals surface area contributed by atoms with Crippen LogP contribution < -0.4 is 0 Å². The highest BCUT2D eigenvalue weighted by molar-refractivity contribution is 14.1. The number of hydrogen-bond donors (Lipinski definition) is 0. The van der Waals surface area contributed by atoms with E-state index in [-0.39, 0.29) is 10.8 Å². The molecule has 0 aromatic heterocycles. The molecule has 0 saturated heterocycles. The molecule has 2 aromatic rings. The molecule has 0 amide bonds. The molecule has 4 heteroatoms. The molecule has 0 saturated carbocycles. The lowest BCUT2D eigenvalue weighted by Crippen LogP contribution is -2.01. The molecule has 0 fully saturated rings. The zero-order valence-electron chi connectivity index (χ0n) is 8.58. The van der Waals surface area contributed by atoms with Crippen LogP contribution in [-0.2, 0) is 0 Å². The molecule has 0 aliphatic heterocycles. The number of carbonyl (C=O) groups excluding carboxylic acids is 1. The number of rotatable bonds is 2. The first-order chi connectivity index (χ1) is 8.08. The van der Waals surface area contributed by atoms with Crippen LogP contribution in [0.15, 0.2) is 42.5 Å². The van der Waals surface area contributed by atoms with Gasteiger partial charge in [0.2, 0.25) is 0 Å². The topological polar surface area (TPSA) is 17.1 Å². The molecule has 0 spiro atoms. The average Bonchev–Trinajstić information content (AvgIpc) is 2.33. The molecule has 86 valence electrons. The van der Waals surface area contributed by atoms with Crippen molar-refractivity contribution in [1.29, 1.82) is 0 Å². The first-order valence-electron chi connectivity index (χ1n) is 4.83. The van der Waals surface area contributed by atoms with Crippen LogP contribution in [0.5, 0.6) is 0 Å². The fourth-order valence-corrected chi connectivity index (χ4v) is 1.88. The molecule has 0 radical (unpaired) electrons. The summed E-state index contributed by atoms with van der Waals surface area (Å²) in [6, 6.07) is 11.2. The van der Waals surface area contributed by atoms with Crippen molar-refractivity contribution < 1.29 is 9.18 Å². The van der Waals surface area contributed by atoms with E-state index in [4.69, 9.17) is 11.6 Å². The summed E-state index contributed by atoms with van der Waals surface area (Å²) in [6.45, 7) is 0. The minimum absolute atomic E-state index is 0.0177. The van der Waals surface area contributed by atoms with Crippen molar-refractivity contribution in [3.8, 4) is 0 Å². The van der Waals surface area contributed by atoms with Crippen molar-refractivity contribution in [2.24, 2.45) is 0 Å². The van der Waals surface area contributed by atoms with E-state index < -0.39 is 5.82 Å². The van der Waals surface area contributed by atoms with Crippen LogP contribution in [-0.4, -0.2) is 5.78 Å². The average molecular weight is 361 g/mol. The lowest BCUT2D eigenvalue weighted by molar-refractivity contribution is 0.103. The van der Waals surface area contributed by atoms with Crippen molar-refractivity contribution in [2.75, 3.05) is 0 Å². The Morgan fingerprint density at radius 3 is 2.24 bits per heavy atom. The van der Waals surface area contributed by atoms with Crippen molar-refractivity contribution >= 4 is 40.0 Å². The quantitative estimate of drug-likeness (QED) is 0.576. The third-order valence-corrected chi connectivity index (χ3v) is 3.31. The third-order valence-electron chi connectivity index (χ3n) is 2.29. The minimum atomic E-state index is -0.581. The van der Waals surface area contributed by atoms with E-state index in [1.807, 2.05) is 12.1 Å². The van der Waals surface area contributed by atoms with Crippen molar-refractivity contribution in [3.63, 3.8) is 0 Å². The van der Waals surface area contributed by atoms with Gasteiger partial charge in [-0.3, -0.25) is 4.79 Å². The van der Waals surface area contributed by atoms with E-state index in [9.17, 15) is 9.18 Å². The van der Waals surface area contributed by atoms with Gasteiger partial charge in [0.25, 0.3) is 0 Å². The van der Waals surface area contributed by atoms with Gasteiger partial charge in [0.15, 0.2) is 5.78 Å². The standard InChI is InChI=1S/C13H7ClFIO/c14-11-6-3-9(7-12(11)15)13(17)8-1-4-10(16)5-2-8/h1-7H. The van der Waals surface area contributed by atoms with Crippen molar-refractivity contribution in [2.45, 2.75) is 0 Å². The predicted molar refractivity (Wildman–Crippen MR) is 74.0 cm³/mol. The Bertz CT molecular complexity index is 566. The Kier molecular flexibility index (Phi) is 3.79. The van der Waals surface area contributed by atoms with E-state index >= 15 is 0 Å². The van der Waals surface area contributed by atoms with Crippen LogP contribution in [0.1, 0.15) is 15.9 Å². The zero-order valence-corrected chi connectivity index (χ0v) is 11.5. The van der Waals surface area contributed by atoms with Crippen molar-refractivity contribution in [3.05, 3.63) is 68.0 Å². The largest absolute Gasteiger partial charge is 0.289 e. The van der Waals surface area contributed by atoms with Gasteiger partial charge < -0.3 is 0 Å². The molecule has 0 atom stereocenters. The fraction of sp³-hybridized carbons (Fsp3) is 0. The van der Waals surface area contributed by atoms with Gasteiger partial charge in [-0.2, -0.15) is 0 Å². The highest BCUT2D eigenvalue weighted by Gasteiger charge is 2.11. The summed E-state index contributed by atoms with van der Waals surface area (Å²) in [4.78, 5) is 12.0. The van der Waals surface area contributed by atoms with Crippen LogP contribution in [0.25, 0.3) is 0 Å². The molecule has 0 N–H and O–H groups in total. The van der Waals surface area contributed by atoms with Crippen LogP contribution in [0.3, 0.4) is 0 Å². The molecule has 0 unspecified atom stereocenters. The van der Waals surface area contributed by atoms with E-state index in [1.54, 1.807) is 12.1 Å². The molecule has 1 nitrogen and oxygen atoms in total. The maximum atomic E-state index is 13.2. The zero-order chi connectivity index (χ0) is 12.4. The summed E-state index contributed by atoms with van der Waals surface area (Å²) in [7, 11) is 0. The summed E-state index contributed by atoms with van der Waals surface area (Å²) in [5, 5.41) is 0.0177. The van der Waals surface area contributed by atoms with Gasteiger partial charge in [-0.25, -0.2) is 4.39 Å². The first-order valence-corrected chi connectivity index (χ1v) is 6.29. The van der Waals surface area contributed by atoms with Gasteiger partial charge >= 0.3 is 0 Å². The summed E-state index contributed by atoms with van der Waals surface area (Å²) >= 11 is 7.72. The number of carbonyl (C=O) groups is 1. The Morgan fingerprint density at radius 2 is 1.65 bits per heavy atom. The molecule has 0 aliphatic carbocycles. The second kappa shape index (κ2) is 5.14. The Labute approximate surface area is 117 Å². The number of ketones is 1. The van der Waals surface area contributed by atoms with E-state index in [1.165, 1.54) is 12.1 Å². The van der Waals surface area contributed by atoms with Gasteiger partial charge in [-0.05, 0) is 65.1 Å². The maximum absolute atomic E-state index is 13.2. The van der Waals surface area contributed by atoms with Crippen LogP contribution >= 0.6 is 34.2 Å². The van der Waals surface area contributed by atoms with Crippen LogP contribution in [0.4, 0.5) is 4.39 Å². The SMILES string of the molecule is O=C(c1ccc(I)cc1)c1ccc(Cl)c(F)c1. The van der Waals surface area contributed by atoms with E-state index in [0.29, 0.717) is 11.1 Å². The highest BCUT2D eigenvalue weighted by atomic mass is 127. The lowest BCUT2D eigenvalue weighted by Gasteiger charge is -2.02. The smallest absolute Gasteiger partial charge is 0.193 e. The minimum Gasteiger partial charge on any atom is -0.289 e. The summed E-state index contributed by atoms with van der Waals surface area (Å²) in [5.74, 6) is -0.792. The van der Waals surface area contributed by atoms with Gasteiger partial charge in [0.05, 0.1) is 5.02 Å². The van der Waals surface area contributed by atoms with Gasteiger partial charge in [-0.15, -0.1) is 0 Å². The molecular weight excluding hydrogens is 353 g/mol. The van der Waals surface area contributed by atoms with Gasteiger partial charge in [-0.1, -0.05) is 11.6 Å². The predicted octanol–water partition coefficient (Wildman–Crippen LogP) is 4.31. The molecular formula is C13H7ClFIO. The van der Waals surface area contributed by atoms with Gasteiger partial charge in [0, 0.05) is 14.7 Å². The third kappa shape index (κ3) is 2.84. The molecule has 17 heavy (non-hydrogen) atoms. The summed E-state index contributed by atoms with van der Waals surface area (Å²) < 4.78 is 14.3. The first kappa shape index (κ1) is 12.5. The number of hydrogen-bond acceptors (Lipinski definition) is 1. The number of benzene rings is 2. The van der Waals surface area contributed by atoms with Crippen molar-refractivity contribution in [1.82, 2.24) is 0 Å². The lowest BCUT2D eigenvalue weighted by atomic mass is 10.0. The summed E-state index contributed by atoms with van der Waals surface area (Å²) in [6.07, 6.45) is 0. The molecule has 0 heterocycles. The maximum Gasteiger partial charge on any atom is 0.193 e. The van der Waals surface area contributed by atoms with Gasteiger partial charge in [0.1, 0.15) is 5.82 Å². The Hall–Kier alpha value is -0.940. The highest BCUT2D eigenvalue weighted by Crippen LogP contribution is 2.18. The molecule has 0 aliphatic rings. The van der Waals surface area contributed by atoms with Crippen LogP contribution in [0, 0.1) is 9.39 Å². The molecule has 0 bridgehead atoms. The van der Waals surface area contributed by atoms with Crippen LogP contribution in [0.2, 0.25) is 5.02 Å². The monoisotopic (exact) mass is 360 g/mol. The Morgan fingerprint density at radius 1 is 1.06 bits per heavy atom. The molecule has 2 aromatic carbocycles. The Balaban J connectivity index is 2.37.